The summed E-state index contributed by atoms with van der Waals surface area (Å²) in [5.74, 6) is -1.18. The molecule has 0 aromatic heterocycles. The number of nitrogens with zero attached hydrogens (tertiary/aromatic N) is 1. The van der Waals surface area contributed by atoms with Crippen LogP contribution in [-0.4, -0.2) is 36.4 Å². The van der Waals surface area contributed by atoms with E-state index in [4.69, 9.17) is 9.47 Å². The number of hydrogen-bond acceptors (Lipinski definition) is 7. The molecule has 3 aromatic carbocycles. The molecule has 10 nitrogen and oxygen atoms in total. The Kier molecular flexibility index (Phi) is 8.49. The van der Waals surface area contributed by atoms with Gasteiger partial charge in [0.15, 0.2) is 0 Å². The van der Waals surface area contributed by atoms with Crippen LogP contribution in [0.4, 0.5) is 11.4 Å². The van der Waals surface area contributed by atoms with Crippen LogP contribution in [0.15, 0.2) is 78.5 Å². The zero-order valence-corrected chi connectivity index (χ0v) is 19.5. The zero-order chi connectivity index (χ0) is 26.1. The van der Waals surface area contributed by atoms with Gasteiger partial charge in [-0.1, -0.05) is 12.1 Å². The summed E-state index contributed by atoms with van der Waals surface area (Å²) in [6.45, 7) is 1.93. The normalized spacial score (nSPS) is 10.8. The van der Waals surface area contributed by atoms with Gasteiger partial charge in [0.1, 0.15) is 11.4 Å². The predicted molar refractivity (Wildman–Crippen MR) is 133 cm³/mol. The van der Waals surface area contributed by atoms with Crippen molar-refractivity contribution >= 4 is 35.2 Å². The van der Waals surface area contributed by atoms with Crippen molar-refractivity contribution in [2.24, 2.45) is 0 Å². The Hall–Kier alpha value is -4.99. The molecule has 10 heteroatoms. The van der Waals surface area contributed by atoms with Crippen LogP contribution in [0.25, 0.3) is 6.08 Å². The molecule has 0 aliphatic rings. The van der Waals surface area contributed by atoms with Crippen LogP contribution in [0.2, 0.25) is 0 Å². The first kappa shape index (κ1) is 25.6. The van der Waals surface area contributed by atoms with E-state index >= 15 is 0 Å². The monoisotopic (exact) mass is 489 g/mol. The van der Waals surface area contributed by atoms with Gasteiger partial charge in [-0.3, -0.25) is 19.7 Å². The smallest absolute Gasteiger partial charge is 0.338 e. The van der Waals surface area contributed by atoms with Crippen LogP contribution in [0.3, 0.4) is 0 Å². The minimum Gasteiger partial charge on any atom is -0.497 e. The van der Waals surface area contributed by atoms with Crippen molar-refractivity contribution in [3.63, 3.8) is 0 Å². The summed E-state index contributed by atoms with van der Waals surface area (Å²) in [6, 6.07) is 17.9. The fourth-order valence-corrected chi connectivity index (χ4v) is 3.09. The molecule has 2 amide bonds. The minimum atomic E-state index is -0.674. The molecule has 0 atom stereocenters. The summed E-state index contributed by atoms with van der Waals surface area (Å²) in [5.41, 5.74) is 0.964. The van der Waals surface area contributed by atoms with Gasteiger partial charge in [0.25, 0.3) is 17.5 Å². The lowest BCUT2D eigenvalue weighted by Gasteiger charge is -2.12. The number of nitro benzene ring substituents is 1. The lowest BCUT2D eigenvalue weighted by atomic mass is 10.1. The number of nitro groups is 1. The molecule has 36 heavy (non-hydrogen) atoms. The SMILES string of the molecule is CCOC(=O)c1ccc(NC(=O)C(=Cc2cccc([N+](=O)[O-])c2)NC(=O)c2ccc(OC)cc2)cc1. The molecule has 0 bridgehead atoms. The third-order valence-electron chi connectivity index (χ3n) is 4.89. The highest BCUT2D eigenvalue weighted by Crippen LogP contribution is 2.18. The van der Waals surface area contributed by atoms with E-state index in [1.165, 1.54) is 67.8 Å². The molecule has 0 saturated carbocycles. The largest absolute Gasteiger partial charge is 0.497 e. The molecule has 3 aromatic rings. The first-order valence-corrected chi connectivity index (χ1v) is 10.8. The molecule has 0 heterocycles. The maximum absolute atomic E-state index is 13.1. The van der Waals surface area contributed by atoms with Crippen LogP contribution in [0.5, 0.6) is 5.75 Å². The number of esters is 1. The van der Waals surface area contributed by atoms with Gasteiger partial charge in [-0.25, -0.2) is 4.79 Å². The van der Waals surface area contributed by atoms with Crippen LogP contribution in [0, 0.1) is 10.1 Å². The second-order valence-corrected chi connectivity index (χ2v) is 7.34. The van der Waals surface area contributed by atoms with E-state index in [9.17, 15) is 24.5 Å². The molecule has 3 rings (SSSR count). The van der Waals surface area contributed by atoms with E-state index in [2.05, 4.69) is 10.6 Å². The Morgan fingerprint density at radius 2 is 1.64 bits per heavy atom. The second-order valence-electron chi connectivity index (χ2n) is 7.34. The summed E-state index contributed by atoms with van der Waals surface area (Å²) in [5, 5.41) is 16.3. The van der Waals surface area contributed by atoms with Gasteiger partial charge >= 0.3 is 5.97 Å². The molecule has 0 aliphatic carbocycles. The van der Waals surface area contributed by atoms with Crippen LogP contribution < -0.4 is 15.4 Å². The number of rotatable bonds is 9. The number of anilines is 1. The maximum Gasteiger partial charge on any atom is 0.338 e. The zero-order valence-electron chi connectivity index (χ0n) is 19.5. The topological polar surface area (TPSA) is 137 Å². The Labute approximate surface area is 206 Å². The number of benzene rings is 3. The van der Waals surface area contributed by atoms with Crippen LogP contribution in [0.1, 0.15) is 33.2 Å². The number of ether oxygens (including phenoxy) is 2. The highest BCUT2D eigenvalue weighted by atomic mass is 16.6. The molecule has 0 spiro atoms. The Morgan fingerprint density at radius 3 is 2.25 bits per heavy atom. The summed E-state index contributed by atoms with van der Waals surface area (Å²) in [6.07, 6.45) is 1.33. The fourth-order valence-electron chi connectivity index (χ4n) is 3.09. The molecule has 2 N–H and O–H groups in total. The number of amides is 2. The van der Waals surface area contributed by atoms with Gasteiger partial charge in [-0.2, -0.15) is 0 Å². The molecule has 0 unspecified atom stereocenters. The lowest BCUT2D eigenvalue weighted by Crippen LogP contribution is -2.30. The van der Waals surface area contributed by atoms with Crippen molar-refractivity contribution in [2.75, 3.05) is 19.0 Å². The van der Waals surface area contributed by atoms with Crippen molar-refractivity contribution in [1.82, 2.24) is 5.32 Å². The van der Waals surface area contributed by atoms with E-state index < -0.39 is 22.7 Å². The number of non-ortho nitro benzene ring substituents is 1. The number of carbonyl (C=O) groups excluding carboxylic acids is 3. The summed E-state index contributed by atoms with van der Waals surface area (Å²) >= 11 is 0. The van der Waals surface area contributed by atoms with Gasteiger partial charge in [0.05, 0.1) is 24.2 Å². The molecule has 184 valence electrons. The van der Waals surface area contributed by atoms with E-state index in [0.29, 0.717) is 22.6 Å². The number of hydrogen-bond donors (Lipinski definition) is 2. The van der Waals surface area contributed by atoms with Gasteiger partial charge in [0.2, 0.25) is 0 Å². The molecular weight excluding hydrogens is 466 g/mol. The van der Waals surface area contributed by atoms with E-state index in [1.54, 1.807) is 25.1 Å². The highest BCUT2D eigenvalue weighted by Gasteiger charge is 2.17. The standard InChI is InChI=1S/C26H23N3O7/c1-3-36-26(32)19-7-11-20(12-8-19)27-25(31)23(16-17-5-4-6-21(15-17)29(33)34)28-24(30)18-9-13-22(35-2)14-10-18/h4-16H,3H2,1-2H3,(H,27,31)(H,28,30). The van der Waals surface area contributed by atoms with Gasteiger partial charge < -0.3 is 20.1 Å². The maximum atomic E-state index is 13.1. The first-order valence-electron chi connectivity index (χ1n) is 10.8. The summed E-state index contributed by atoms with van der Waals surface area (Å²) < 4.78 is 10.0. The molecule has 0 aliphatic heterocycles. The van der Waals surface area contributed by atoms with Crippen molar-refractivity contribution < 1.29 is 28.8 Å². The van der Waals surface area contributed by atoms with E-state index in [1.807, 2.05) is 0 Å². The average molecular weight is 489 g/mol. The third kappa shape index (κ3) is 6.76. The Balaban J connectivity index is 1.87. The van der Waals surface area contributed by atoms with Gasteiger partial charge in [-0.15, -0.1) is 0 Å². The summed E-state index contributed by atoms with van der Waals surface area (Å²) in [4.78, 5) is 48.3. The molecule has 0 radical (unpaired) electrons. The average Bonchev–Trinajstić information content (AvgIpc) is 2.89. The van der Waals surface area contributed by atoms with Crippen molar-refractivity contribution in [3.05, 3.63) is 105 Å². The van der Waals surface area contributed by atoms with Crippen LogP contribution in [-0.2, 0) is 9.53 Å². The number of methoxy groups -OCH3 is 1. The molecule has 0 fully saturated rings. The molecular formula is C26H23N3O7. The van der Waals surface area contributed by atoms with Crippen molar-refractivity contribution in [2.45, 2.75) is 6.92 Å². The first-order chi connectivity index (χ1) is 17.3. The Bertz CT molecular complexity index is 1300. The quantitative estimate of drug-likeness (QED) is 0.199. The molecule has 0 saturated heterocycles. The predicted octanol–water partition coefficient (Wildman–Crippen LogP) is 4.19. The van der Waals surface area contributed by atoms with Crippen molar-refractivity contribution in [3.8, 4) is 5.75 Å². The third-order valence-corrected chi connectivity index (χ3v) is 4.89. The van der Waals surface area contributed by atoms with Crippen molar-refractivity contribution in [1.29, 1.82) is 0 Å². The lowest BCUT2D eigenvalue weighted by molar-refractivity contribution is -0.384. The fraction of sp³-hybridized carbons (Fsp3) is 0.115. The second kappa shape index (κ2) is 11.9. The number of carbonyl (C=O) groups is 3. The highest BCUT2D eigenvalue weighted by molar-refractivity contribution is 6.10. The number of nitrogens with one attached hydrogen (secondary N) is 2. The van der Waals surface area contributed by atoms with Gasteiger partial charge in [-0.05, 0) is 67.1 Å². The van der Waals surface area contributed by atoms with Gasteiger partial charge in [0, 0.05) is 23.4 Å². The Morgan fingerprint density at radius 1 is 0.972 bits per heavy atom. The van der Waals surface area contributed by atoms with E-state index in [0.717, 1.165) is 0 Å². The minimum absolute atomic E-state index is 0.147. The van der Waals surface area contributed by atoms with E-state index in [-0.39, 0.29) is 23.6 Å². The van der Waals surface area contributed by atoms with Crippen LogP contribution >= 0.6 is 0 Å². The summed E-state index contributed by atoms with van der Waals surface area (Å²) in [7, 11) is 1.50.